The van der Waals surface area contributed by atoms with Crippen molar-refractivity contribution in [3.8, 4) is 5.75 Å². The van der Waals surface area contributed by atoms with Gasteiger partial charge in [0.05, 0.1) is 13.2 Å². The Kier molecular flexibility index (Phi) is 8.28. The molecular weight excluding hydrogens is 266 g/mol. The molecule has 0 fully saturated rings. The van der Waals surface area contributed by atoms with E-state index in [0.29, 0.717) is 13.2 Å². The number of guanidine groups is 1. The summed E-state index contributed by atoms with van der Waals surface area (Å²) in [6.45, 7) is 7.64. The van der Waals surface area contributed by atoms with Gasteiger partial charge in [-0.2, -0.15) is 0 Å². The van der Waals surface area contributed by atoms with Crippen molar-refractivity contribution in [1.82, 2.24) is 10.2 Å². The zero-order valence-corrected chi connectivity index (χ0v) is 13.6. The van der Waals surface area contributed by atoms with Crippen LogP contribution in [0.25, 0.3) is 0 Å². The molecule has 21 heavy (non-hydrogen) atoms. The molecule has 0 saturated heterocycles. The Morgan fingerprint density at radius 3 is 2.48 bits per heavy atom. The van der Waals surface area contributed by atoms with Crippen LogP contribution in [-0.4, -0.2) is 51.3 Å². The van der Waals surface area contributed by atoms with E-state index in [0.717, 1.165) is 31.4 Å². The lowest BCUT2D eigenvalue weighted by atomic mass is 10.2. The van der Waals surface area contributed by atoms with Crippen molar-refractivity contribution in [2.75, 3.05) is 40.5 Å². The van der Waals surface area contributed by atoms with Crippen molar-refractivity contribution in [2.45, 2.75) is 20.4 Å². The molecule has 0 bridgehead atoms. The minimum Gasteiger partial charge on any atom is -0.494 e. The average Bonchev–Trinajstić information content (AvgIpc) is 2.49. The molecule has 0 aliphatic carbocycles. The molecule has 1 aromatic rings. The molecule has 0 aromatic heterocycles. The van der Waals surface area contributed by atoms with E-state index in [4.69, 9.17) is 9.47 Å². The molecule has 0 atom stereocenters. The molecule has 5 heteroatoms. The van der Waals surface area contributed by atoms with Gasteiger partial charge in [-0.25, -0.2) is 0 Å². The summed E-state index contributed by atoms with van der Waals surface area (Å²) in [6.07, 6.45) is 0. The molecule has 1 N–H and O–H groups in total. The van der Waals surface area contributed by atoms with Crippen molar-refractivity contribution in [3.63, 3.8) is 0 Å². The highest BCUT2D eigenvalue weighted by molar-refractivity contribution is 5.79. The van der Waals surface area contributed by atoms with Gasteiger partial charge in [0.2, 0.25) is 0 Å². The smallest absolute Gasteiger partial charge is 0.193 e. The van der Waals surface area contributed by atoms with Crippen LogP contribution in [0.1, 0.15) is 19.4 Å². The number of benzene rings is 1. The average molecular weight is 293 g/mol. The van der Waals surface area contributed by atoms with E-state index < -0.39 is 0 Å². The minimum absolute atomic E-state index is 0.687. The molecule has 0 radical (unpaired) electrons. The van der Waals surface area contributed by atoms with Crippen molar-refractivity contribution in [1.29, 1.82) is 0 Å². The fourth-order valence-corrected chi connectivity index (χ4v) is 1.97. The normalized spacial score (nSPS) is 11.3. The fraction of sp³-hybridized carbons (Fsp3) is 0.562. The van der Waals surface area contributed by atoms with Crippen LogP contribution in [0.3, 0.4) is 0 Å². The van der Waals surface area contributed by atoms with Crippen molar-refractivity contribution >= 4 is 5.96 Å². The highest BCUT2D eigenvalue weighted by atomic mass is 16.5. The first-order chi connectivity index (χ1) is 10.2. The number of aliphatic imine (C=N–C) groups is 1. The third kappa shape index (κ3) is 6.49. The minimum atomic E-state index is 0.687. The second kappa shape index (κ2) is 10.0. The summed E-state index contributed by atoms with van der Waals surface area (Å²) in [6, 6.07) is 8.15. The van der Waals surface area contributed by atoms with Crippen LogP contribution >= 0.6 is 0 Å². The first kappa shape index (κ1) is 17.3. The van der Waals surface area contributed by atoms with Gasteiger partial charge in [-0.05, 0) is 31.5 Å². The van der Waals surface area contributed by atoms with E-state index in [2.05, 4.69) is 27.3 Å². The standard InChI is InChI=1S/C16H27N3O2/c1-5-20-12-11-18-16(17-3)19(4)13-14-7-9-15(10-8-14)21-6-2/h7-10H,5-6,11-13H2,1-4H3,(H,17,18). The summed E-state index contributed by atoms with van der Waals surface area (Å²) in [7, 11) is 3.81. The molecule has 118 valence electrons. The van der Waals surface area contributed by atoms with Gasteiger partial charge in [-0.15, -0.1) is 0 Å². The molecule has 5 nitrogen and oxygen atoms in total. The number of hydrogen-bond acceptors (Lipinski definition) is 3. The molecule has 0 amide bonds. The van der Waals surface area contributed by atoms with Crippen molar-refractivity contribution < 1.29 is 9.47 Å². The Morgan fingerprint density at radius 2 is 1.90 bits per heavy atom. The highest BCUT2D eigenvalue weighted by Gasteiger charge is 2.06. The molecule has 0 saturated carbocycles. The van der Waals surface area contributed by atoms with Crippen LogP contribution in [0.4, 0.5) is 0 Å². The van der Waals surface area contributed by atoms with Gasteiger partial charge in [-0.1, -0.05) is 12.1 Å². The molecular formula is C16H27N3O2. The van der Waals surface area contributed by atoms with E-state index in [1.54, 1.807) is 7.05 Å². The fourth-order valence-electron chi connectivity index (χ4n) is 1.97. The zero-order chi connectivity index (χ0) is 15.5. The predicted octanol–water partition coefficient (Wildman–Crippen LogP) is 2.13. The summed E-state index contributed by atoms with van der Waals surface area (Å²) in [5.41, 5.74) is 1.22. The molecule has 0 unspecified atom stereocenters. The Morgan fingerprint density at radius 1 is 1.19 bits per heavy atom. The molecule has 1 rings (SSSR count). The predicted molar refractivity (Wildman–Crippen MR) is 86.9 cm³/mol. The van der Waals surface area contributed by atoms with Crippen LogP contribution in [0.5, 0.6) is 5.75 Å². The maximum atomic E-state index is 5.45. The summed E-state index contributed by atoms with van der Waals surface area (Å²) < 4.78 is 10.8. The van der Waals surface area contributed by atoms with E-state index >= 15 is 0 Å². The lowest BCUT2D eigenvalue weighted by Gasteiger charge is -2.22. The topological polar surface area (TPSA) is 46.1 Å². The monoisotopic (exact) mass is 293 g/mol. The van der Waals surface area contributed by atoms with E-state index in [9.17, 15) is 0 Å². The van der Waals surface area contributed by atoms with Gasteiger partial charge >= 0.3 is 0 Å². The van der Waals surface area contributed by atoms with Crippen LogP contribution in [0.2, 0.25) is 0 Å². The molecule has 0 spiro atoms. The van der Waals surface area contributed by atoms with Crippen LogP contribution < -0.4 is 10.1 Å². The van der Waals surface area contributed by atoms with Crippen LogP contribution in [0.15, 0.2) is 29.3 Å². The summed E-state index contributed by atoms with van der Waals surface area (Å²) in [4.78, 5) is 6.36. The Bertz CT molecular complexity index is 418. The van der Waals surface area contributed by atoms with Crippen molar-refractivity contribution in [2.24, 2.45) is 4.99 Å². The first-order valence-electron chi connectivity index (χ1n) is 7.42. The second-order valence-electron chi connectivity index (χ2n) is 4.60. The molecule has 0 aliphatic rings. The largest absolute Gasteiger partial charge is 0.494 e. The van der Waals surface area contributed by atoms with Gasteiger partial charge in [-0.3, -0.25) is 4.99 Å². The van der Waals surface area contributed by atoms with Gasteiger partial charge in [0.1, 0.15) is 5.75 Å². The Labute approximate surface area is 128 Å². The van der Waals surface area contributed by atoms with E-state index in [1.165, 1.54) is 5.56 Å². The highest BCUT2D eigenvalue weighted by Crippen LogP contribution is 2.13. The maximum absolute atomic E-state index is 5.45. The molecule has 0 heterocycles. The summed E-state index contributed by atoms with van der Waals surface area (Å²) in [5, 5.41) is 3.28. The molecule has 1 aromatic carbocycles. The number of nitrogens with one attached hydrogen (secondary N) is 1. The van der Waals surface area contributed by atoms with Crippen LogP contribution in [-0.2, 0) is 11.3 Å². The van der Waals surface area contributed by atoms with Gasteiger partial charge in [0.25, 0.3) is 0 Å². The van der Waals surface area contributed by atoms with Gasteiger partial charge < -0.3 is 19.7 Å². The Balaban J connectivity index is 2.47. The number of rotatable bonds is 8. The van der Waals surface area contributed by atoms with E-state index in [1.807, 2.05) is 33.0 Å². The SMILES string of the molecule is CCOCCNC(=NC)N(C)Cc1ccc(OCC)cc1. The maximum Gasteiger partial charge on any atom is 0.193 e. The lowest BCUT2D eigenvalue weighted by molar-refractivity contribution is 0.152. The first-order valence-corrected chi connectivity index (χ1v) is 7.42. The Hall–Kier alpha value is -1.75. The second-order valence-corrected chi connectivity index (χ2v) is 4.60. The van der Waals surface area contributed by atoms with Gasteiger partial charge in [0, 0.05) is 33.8 Å². The lowest BCUT2D eigenvalue weighted by Crippen LogP contribution is -2.39. The molecule has 0 aliphatic heterocycles. The number of ether oxygens (including phenoxy) is 2. The number of hydrogen-bond donors (Lipinski definition) is 1. The van der Waals surface area contributed by atoms with Crippen molar-refractivity contribution in [3.05, 3.63) is 29.8 Å². The zero-order valence-electron chi connectivity index (χ0n) is 13.6. The third-order valence-corrected chi connectivity index (χ3v) is 2.96. The summed E-state index contributed by atoms with van der Waals surface area (Å²) in [5.74, 6) is 1.77. The van der Waals surface area contributed by atoms with Crippen LogP contribution in [0, 0.1) is 0 Å². The third-order valence-electron chi connectivity index (χ3n) is 2.96. The van der Waals surface area contributed by atoms with Gasteiger partial charge in [0.15, 0.2) is 5.96 Å². The quantitative estimate of drug-likeness (QED) is 0.453. The van der Waals surface area contributed by atoms with E-state index in [-0.39, 0.29) is 0 Å². The number of nitrogens with zero attached hydrogens (tertiary/aromatic N) is 2. The summed E-state index contributed by atoms with van der Waals surface area (Å²) >= 11 is 0.